The molecule has 0 unspecified atom stereocenters. The van der Waals surface area contributed by atoms with Crippen LogP contribution in [0.5, 0.6) is 0 Å². The minimum atomic E-state index is -0.257. The molecule has 4 nitrogen and oxygen atoms in total. The summed E-state index contributed by atoms with van der Waals surface area (Å²) in [6.07, 6.45) is 1.80. The van der Waals surface area contributed by atoms with E-state index in [1.54, 1.807) is 37.4 Å². The molecule has 0 fully saturated rings. The van der Waals surface area contributed by atoms with Crippen LogP contribution in [0.15, 0.2) is 42.6 Å². The van der Waals surface area contributed by atoms with Crippen LogP contribution in [0.1, 0.15) is 5.56 Å². The van der Waals surface area contributed by atoms with Crippen molar-refractivity contribution in [3.63, 3.8) is 0 Å². The van der Waals surface area contributed by atoms with Gasteiger partial charge in [-0.25, -0.2) is 9.37 Å². The molecule has 0 aliphatic rings. The molecular weight excluding hydrogens is 269 g/mol. The standard InChI is InChI=1S/C16H20FN3O/c1-20(15-6-4-3-5-14(15)17)16-8-7-13(12-19-16)11-18-9-10-21-2/h3-8,12,18H,9-11H2,1-2H3. The molecule has 1 heterocycles. The number of rotatable bonds is 7. The molecule has 0 aliphatic carbocycles. The average molecular weight is 289 g/mol. The third-order valence-corrected chi connectivity index (χ3v) is 3.18. The molecule has 1 aromatic carbocycles. The van der Waals surface area contributed by atoms with Crippen molar-refractivity contribution in [1.82, 2.24) is 10.3 Å². The number of ether oxygens (including phenoxy) is 1. The smallest absolute Gasteiger partial charge is 0.146 e. The van der Waals surface area contributed by atoms with Crippen LogP contribution in [-0.2, 0) is 11.3 Å². The van der Waals surface area contributed by atoms with Gasteiger partial charge >= 0.3 is 0 Å². The Morgan fingerprint density at radius 2 is 2.05 bits per heavy atom. The molecule has 0 saturated heterocycles. The second-order valence-corrected chi connectivity index (χ2v) is 4.70. The van der Waals surface area contributed by atoms with Crippen molar-refractivity contribution in [2.75, 3.05) is 32.2 Å². The van der Waals surface area contributed by atoms with Crippen LogP contribution in [0.2, 0.25) is 0 Å². The molecule has 1 aromatic heterocycles. The molecule has 2 rings (SSSR count). The van der Waals surface area contributed by atoms with E-state index in [9.17, 15) is 4.39 Å². The molecule has 0 radical (unpaired) electrons. The van der Waals surface area contributed by atoms with Gasteiger partial charge < -0.3 is 15.0 Å². The van der Waals surface area contributed by atoms with Crippen molar-refractivity contribution in [3.05, 3.63) is 54.0 Å². The molecule has 1 N–H and O–H groups in total. The van der Waals surface area contributed by atoms with Crippen LogP contribution in [0, 0.1) is 5.82 Å². The van der Waals surface area contributed by atoms with E-state index in [1.165, 1.54) is 6.07 Å². The Morgan fingerprint density at radius 1 is 1.24 bits per heavy atom. The number of aromatic nitrogens is 1. The number of pyridine rings is 1. The fraction of sp³-hybridized carbons (Fsp3) is 0.312. The number of benzene rings is 1. The Hall–Kier alpha value is -1.98. The summed E-state index contributed by atoms with van der Waals surface area (Å²) in [5.74, 6) is 0.452. The summed E-state index contributed by atoms with van der Waals surface area (Å²) in [6, 6.07) is 10.5. The van der Waals surface area contributed by atoms with Gasteiger partial charge in [0.05, 0.1) is 12.3 Å². The highest BCUT2D eigenvalue weighted by Gasteiger charge is 2.09. The highest BCUT2D eigenvalue weighted by molar-refractivity contribution is 5.59. The van der Waals surface area contributed by atoms with Crippen molar-refractivity contribution in [2.24, 2.45) is 0 Å². The molecule has 0 saturated carbocycles. The van der Waals surface area contributed by atoms with Crippen molar-refractivity contribution in [3.8, 4) is 0 Å². The van der Waals surface area contributed by atoms with Crippen LogP contribution < -0.4 is 10.2 Å². The van der Waals surface area contributed by atoms with E-state index in [2.05, 4.69) is 10.3 Å². The van der Waals surface area contributed by atoms with Gasteiger partial charge in [-0.1, -0.05) is 18.2 Å². The Kier molecular flexibility index (Phi) is 5.66. The lowest BCUT2D eigenvalue weighted by molar-refractivity contribution is 0.199. The molecule has 0 aliphatic heterocycles. The SMILES string of the molecule is COCCNCc1ccc(N(C)c2ccccc2F)nc1. The predicted molar refractivity (Wildman–Crippen MR) is 82.3 cm³/mol. The summed E-state index contributed by atoms with van der Waals surface area (Å²) in [5.41, 5.74) is 1.59. The first kappa shape index (κ1) is 15.4. The van der Waals surface area contributed by atoms with Crippen LogP contribution in [0.4, 0.5) is 15.9 Å². The molecule has 112 valence electrons. The van der Waals surface area contributed by atoms with E-state index in [-0.39, 0.29) is 5.82 Å². The second-order valence-electron chi connectivity index (χ2n) is 4.70. The maximum atomic E-state index is 13.8. The minimum Gasteiger partial charge on any atom is -0.383 e. The van der Waals surface area contributed by atoms with Gasteiger partial charge in [-0.2, -0.15) is 0 Å². The zero-order valence-corrected chi connectivity index (χ0v) is 12.3. The predicted octanol–water partition coefficient (Wildman–Crippen LogP) is 2.72. The zero-order valence-electron chi connectivity index (χ0n) is 12.3. The normalized spacial score (nSPS) is 10.6. The lowest BCUT2D eigenvalue weighted by atomic mass is 10.2. The fourth-order valence-corrected chi connectivity index (χ4v) is 1.97. The first-order valence-corrected chi connectivity index (χ1v) is 6.85. The molecule has 0 amide bonds. The molecule has 21 heavy (non-hydrogen) atoms. The molecule has 5 heteroatoms. The van der Waals surface area contributed by atoms with Crippen LogP contribution in [-0.4, -0.2) is 32.3 Å². The van der Waals surface area contributed by atoms with Gasteiger partial charge in [0, 0.05) is 33.4 Å². The summed E-state index contributed by atoms with van der Waals surface area (Å²) in [7, 11) is 3.48. The van der Waals surface area contributed by atoms with Gasteiger partial charge in [-0.3, -0.25) is 0 Å². The zero-order chi connectivity index (χ0) is 15.1. The number of hydrogen-bond donors (Lipinski definition) is 1. The Bertz CT molecular complexity index is 560. The highest BCUT2D eigenvalue weighted by atomic mass is 19.1. The first-order valence-electron chi connectivity index (χ1n) is 6.85. The number of anilines is 2. The van der Waals surface area contributed by atoms with Crippen molar-refractivity contribution in [2.45, 2.75) is 6.54 Å². The lowest BCUT2D eigenvalue weighted by Gasteiger charge is -2.19. The van der Waals surface area contributed by atoms with Gasteiger partial charge in [0.25, 0.3) is 0 Å². The van der Waals surface area contributed by atoms with E-state index in [0.717, 1.165) is 18.7 Å². The highest BCUT2D eigenvalue weighted by Crippen LogP contribution is 2.24. The third-order valence-electron chi connectivity index (χ3n) is 3.18. The maximum absolute atomic E-state index is 13.8. The van der Waals surface area contributed by atoms with Crippen molar-refractivity contribution < 1.29 is 9.13 Å². The molecule has 2 aromatic rings. The third kappa shape index (κ3) is 4.24. The Morgan fingerprint density at radius 3 is 2.71 bits per heavy atom. The van der Waals surface area contributed by atoms with Crippen LogP contribution in [0.25, 0.3) is 0 Å². The lowest BCUT2D eigenvalue weighted by Crippen LogP contribution is -2.19. The van der Waals surface area contributed by atoms with E-state index >= 15 is 0 Å². The summed E-state index contributed by atoms with van der Waals surface area (Å²) in [5, 5.41) is 3.25. The summed E-state index contributed by atoms with van der Waals surface area (Å²) < 4.78 is 18.7. The summed E-state index contributed by atoms with van der Waals surface area (Å²) >= 11 is 0. The maximum Gasteiger partial charge on any atom is 0.146 e. The number of methoxy groups -OCH3 is 1. The van der Waals surface area contributed by atoms with Crippen LogP contribution >= 0.6 is 0 Å². The van der Waals surface area contributed by atoms with E-state index in [4.69, 9.17) is 4.74 Å². The van der Waals surface area contributed by atoms with E-state index < -0.39 is 0 Å². The molecular formula is C16H20FN3O. The minimum absolute atomic E-state index is 0.257. The van der Waals surface area contributed by atoms with Crippen molar-refractivity contribution in [1.29, 1.82) is 0 Å². The van der Waals surface area contributed by atoms with Gasteiger partial charge in [0.2, 0.25) is 0 Å². The molecule has 0 spiro atoms. The average Bonchev–Trinajstić information content (AvgIpc) is 2.52. The second kappa shape index (κ2) is 7.71. The summed E-state index contributed by atoms with van der Waals surface area (Å²) in [6.45, 7) is 2.22. The van der Waals surface area contributed by atoms with Crippen molar-refractivity contribution >= 4 is 11.5 Å². The number of nitrogens with one attached hydrogen (secondary N) is 1. The molecule has 0 atom stereocenters. The van der Waals surface area contributed by atoms with E-state index in [0.29, 0.717) is 18.1 Å². The molecule has 0 bridgehead atoms. The number of nitrogens with zero attached hydrogens (tertiary/aromatic N) is 2. The first-order chi connectivity index (χ1) is 10.2. The number of hydrogen-bond acceptors (Lipinski definition) is 4. The topological polar surface area (TPSA) is 37.4 Å². The van der Waals surface area contributed by atoms with Gasteiger partial charge in [0.15, 0.2) is 0 Å². The quantitative estimate of drug-likeness (QED) is 0.795. The monoisotopic (exact) mass is 289 g/mol. The van der Waals surface area contributed by atoms with Gasteiger partial charge in [-0.15, -0.1) is 0 Å². The van der Waals surface area contributed by atoms with Gasteiger partial charge in [-0.05, 0) is 23.8 Å². The Labute approximate surface area is 124 Å². The fourth-order valence-electron chi connectivity index (χ4n) is 1.97. The Balaban J connectivity index is 2.00. The number of halogens is 1. The largest absolute Gasteiger partial charge is 0.383 e. The van der Waals surface area contributed by atoms with Gasteiger partial charge in [0.1, 0.15) is 11.6 Å². The van der Waals surface area contributed by atoms with Crippen LogP contribution in [0.3, 0.4) is 0 Å². The van der Waals surface area contributed by atoms with E-state index in [1.807, 2.05) is 18.2 Å². The number of para-hydroxylation sites is 1. The summed E-state index contributed by atoms with van der Waals surface area (Å²) in [4.78, 5) is 6.12.